The number of piperidine rings is 1. The maximum atomic E-state index is 12.6. The lowest BCUT2D eigenvalue weighted by atomic mass is 9.80. The summed E-state index contributed by atoms with van der Waals surface area (Å²) in [6.07, 6.45) is 0.924. The molecule has 2 rings (SSSR count). The summed E-state index contributed by atoms with van der Waals surface area (Å²) in [6.45, 7) is 6.94. The molecule has 1 aromatic rings. The number of carbonyl (C=O) groups excluding carboxylic acids is 1. The van der Waals surface area contributed by atoms with Gasteiger partial charge in [0.05, 0.1) is 20.8 Å². The summed E-state index contributed by atoms with van der Waals surface area (Å²) < 4.78 is 10.8. The second kappa shape index (κ2) is 8.06. The van der Waals surface area contributed by atoms with Gasteiger partial charge in [-0.15, -0.1) is 0 Å². The van der Waals surface area contributed by atoms with Crippen LogP contribution < -0.4 is 15.2 Å². The zero-order valence-corrected chi connectivity index (χ0v) is 16.0. The highest BCUT2D eigenvalue weighted by atomic mass is 16.5. The summed E-state index contributed by atoms with van der Waals surface area (Å²) in [7, 11) is 5.05. The van der Waals surface area contributed by atoms with Gasteiger partial charge in [-0.2, -0.15) is 0 Å². The highest BCUT2D eigenvalue weighted by molar-refractivity contribution is 5.78. The minimum Gasteiger partial charge on any atom is -0.493 e. The molecule has 6 nitrogen and oxygen atoms in total. The van der Waals surface area contributed by atoms with Crippen molar-refractivity contribution < 1.29 is 14.3 Å². The monoisotopic (exact) mass is 349 g/mol. The molecule has 1 aromatic carbocycles. The summed E-state index contributed by atoms with van der Waals surface area (Å²) in [6, 6.07) is 5.90. The maximum absolute atomic E-state index is 12.6. The average molecular weight is 349 g/mol. The zero-order chi connectivity index (χ0) is 18.6. The predicted octanol–water partition coefficient (Wildman–Crippen LogP) is 1.72. The summed E-state index contributed by atoms with van der Waals surface area (Å²) in [5.74, 6) is 1.44. The van der Waals surface area contributed by atoms with Crippen molar-refractivity contribution in [1.29, 1.82) is 0 Å². The van der Waals surface area contributed by atoms with Gasteiger partial charge in [0.2, 0.25) is 5.91 Å². The number of hydrogen-bond acceptors (Lipinski definition) is 5. The Morgan fingerprint density at radius 2 is 2.08 bits per heavy atom. The Morgan fingerprint density at radius 1 is 1.36 bits per heavy atom. The second-order valence-corrected chi connectivity index (χ2v) is 7.50. The Hall–Kier alpha value is -1.79. The van der Waals surface area contributed by atoms with Crippen molar-refractivity contribution >= 4 is 5.91 Å². The largest absolute Gasteiger partial charge is 0.493 e. The smallest absolute Gasteiger partial charge is 0.236 e. The van der Waals surface area contributed by atoms with Crippen molar-refractivity contribution in [3.8, 4) is 11.5 Å². The number of benzene rings is 1. The van der Waals surface area contributed by atoms with Crippen molar-refractivity contribution in [3.05, 3.63) is 23.8 Å². The van der Waals surface area contributed by atoms with Crippen LogP contribution in [-0.4, -0.2) is 62.7 Å². The zero-order valence-electron chi connectivity index (χ0n) is 16.0. The van der Waals surface area contributed by atoms with Crippen LogP contribution in [0.15, 0.2) is 18.2 Å². The van der Waals surface area contributed by atoms with E-state index in [9.17, 15) is 4.79 Å². The third-order valence-corrected chi connectivity index (χ3v) is 5.07. The quantitative estimate of drug-likeness (QED) is 0.847. The van der Waals surface area contributed by atoms with Crippen LogP contribution in [0.1, 0.15) is 25.8 Å². The van der Waals surface area contributed by atoms with Crippen molar-refractivity contribution in [2.24, 2.45) is 11.1 Å². The Bertz CT molecular complexity index is 604. The van der Waals surface area contributed by atoms with Crippen molar-refractivity contribution in [2.45, 2.75) is 32.9 Å². The Kier molecular flexibility index (Phi) is 6.30. The molecule has 0 radical (unpaired) electrons. The molecule has 1 fully saturated rings. The third-order valence-electron chi connectivity index (χ3n) is 5.07. The van der Waals surface area contributed by atoms with Crippen LogP contribution in [0, 0.1) is 5.41 Å². The van der Waals surface area contributed by atoms with Gasteiger partial charge in [0.15, 0.2) is 11.5 Å². The standard InChI is InChI=1S/C19H31N3O3/c1-19(2)13-22(10-9-16(19)20)12-17(23)21(3)11-14-7-6-8-15(24-4)18(14)25-5/h6-8,16H,9-13,20H2,1-5H3. The molecular weight excluding hydrogens is 318 g/mol. The van der Waals surface area contributed by atoms with E-state index in [1.165, 1.54) is 0 Å². The van der Waals surface area contributed by atoms with Gasteiger partial charge in [-0.1, -0.05) is 26.0 Å². The minimum atomic E-state index is 0.0348. The molecule has 1 aliphatic rings. The molecule has 1 saturated heterocycles. The molecule has 1 unspecified atom stereocenters. The number of nitrogens with zero attached hydrogens (tertiary/aromatic N) is 2. The third kappa shape index (κ3) is 4.64. The first-order valence-corrected chi connectivity index (χ1v) is 8.70. The number of ether oxygens (including phenoxy) is 2. The topological polar surface area (TPSA) is 68.0 Å². The van der Waals surface area contributed by atoms with Crippen molar-refractivity contribution in [2.75, 3.05) is 40.9 Å². The molecular formula is C19H31N3O3. The van der Waals surface area contributed by atoms with E-state index in [2.05, 4.69) is 18.7 Å². The molecule has 1 aliphatic heterocycles. The highest BCUT2D eigenvalue weighted by Gasteiger charge is 2.34. The lowest BCUT2D eigenvalue weighted by Crippen LogP contribution is -2.54. The molecule has 140 valence electrons. The molecule has 25 heavy (non-hydrogen) atoms. The molecule has 0 aliphatic carbocycles. The number of carbonyl (C=O) groups is 1. The Balaban J connectivity index is 1.99. The van der Waals surface area contributed by atoms with Gasteiger partial charge >= 0.3 is 0 Å². The fourth-order valence-corrected chi connectivity index (χ4v) is 3.35. The van der Waals surface area contributed by atoms with E-state index in [0.29, 0.717) is 24.6 Å². The molecule has 1 amide bonds. The minimum absolute atomic E-state index is 0.0348. The number of rotatable bonds is 6. The number of likely N-dealkylation sites (tertiary alicyclic amines) is 1. The molecule has 1 atom stereocenters. The molecule has 6 heteroatoms. The Morgan fingerprint density at radius 3 is 2.68 bits per heavy atom. The second-order valence-electron chi connectivity index (χ2n) is 7.50. The fourth-order valence-electron chi connectivity index (χ4n) is 3.35. The van der Waals surface area contributed by atoms with Crippen LogP contribution in [0.25, 0.3) is 0 Å². The van der Waals surface area contributed by atoms with Gasteiger partial charge in [0.1, 0.15) is 0 Å². The normalized spacial score (nSPS) is 20.2. The summed E-state index contributed by atoms with van der Waals surface area (Å²) in [5.41, 5.74) is 7.14. The van der Waals surface area contributed by atoms with Gasteiger partial charge in [0, 0.05) is 38.3 Å². The average Bonchev–Trinajstić information content (AvgIpc) is 2.57. The van der Waals surface area contributed by atoms with Gasteiger partial charge in [-0.05, 0) is 17.9 Å². The van der Waals surface area contributed by atoms with Gasteiger partial charge in [0.25, 0.3) is 0 Å². The van der Waals surface area contributed by atoms with E-state index in [0.717, 1.165) is 25.1 Å². The van der Waals surface area contributed by atoms with E-state index in [-0.39, 0.29) is 17.4 Å². The molecule has 1 heterocycles. The van der Waals surface area contributed by atoms with Crippen LogP contribution in [0.5, 0.6) is 11.5 Å². The first-order valence-electron chi connectivity index (χ1n) is 8.70. The maximum Gasteiger partial charge on any atom is 0.236 e. The highest BCUT2D eigenvalue weighted by Crippen LogP contribution is 2.31. The number of methoxy groups -OCH3 is 2. The first kappa shape index (κ1) is 19.5. The van der Waals surface area contributed by atoms with E-state index < -0.39 is 0 Å². The first-order chi connectivity index (χ1) is 11.8. The predicted molar refractivity (Wildman–Crippen MR) is 98.8 cm³/mol. The van der Waals surface area contributed by atoms with Crippen molar-refractivity contribution in [3.63, 3.8) is 0 Å². The van der Waals surface area contributed by atoms with Gasteiger partial charge in [-0.3, -0.25) is 9.69 Å². The lowest BCUT2D eigenvalue weighted by Gasteiger charge is -2.42. The van der Waals surface area contributed by atoms with Crippen LogP contribution in [0.3, 0.4) is 0 Å². The lowest BCUT2D eigenvalue weighted by molar-refractivity contribution is -0.132. The molecule has 0 spiro atoms. The van der Waals surface area contributed by atoms with Gasteiger partial charge in [-0.25, -0.2) is 0 Å². The summed E-state index contributed by atoms with van der Waals surface area (Å²) in [4.78, 5) is 16.6. The summed E-state index contributed by atoms with van der Waals surface area (Å²) in [5, 5.41) is 0. The van der Waals surface area contributed by atoms with Crippen LogP contribution >= 0.6 is 0 Å². The molecule has 2 N–H and O–H groups in total. The Labute approximate surface area is 150 Å². The number of para-hydroxylation sites is 1. The SMILES string of the molecule is COc1cccc(CN(C)C(=O)CN2CCC(N)C(C)(C)C2)c1OC. The van der Waals surface area contributed by atoms with E-state index in [1.807, 2.05) is 25.2 Å². The van der Waals surface area contributed by atoms with E-state index >= 15 is 0 Å². The number of likely N-dealkylation sites (N-methyl/N-ethyl adjacent to an activating group) is 1. The number of hydrogen-bond donors (Lipinski definition) is 1. The van der Waals surface area contributed by atoms with Gasteiger partial charge < -0.3 is 20.1 Å². The van der Waals surface area contributed by atoms with Crippen LogP contribution in [0.4, 0.5) is 0 Å². The summed E-state index contributed by atoms with van der Waals surface area (Å²) >= 11 is 0. The van der Waals surface area contributed by atoms with Crippen LogP contribution in [-0.2, 0) is 11.3 Å². The van der Waals surface area contributed by atoms with E-state index in [1.54, 1.807) is 19.1 Å². The number of amides is 1. The fraction of sp³-hybridized carbons (Fsp3) is 0.632. The number of nitrogens with two attached hydrogens (primary N) is 1. The molecule has 0 bridgehead atoms. The van der Waals surface area contributed by atoms with Crippen LogP contribution in [0.2, 0.25) is 0 Å². The molecule has 0 aromatic heterocycles. The molecule has 0 saturated carbocycles. The van der Waals surface area contributed by atoms with E-state index in [4.69, 9.17) is 15.2 Å². The van der Waals surface area contributed by atoms with Crippen molar-refractivity contribution in [1.82, 2.24) is 9.80 Å².